The lowest BCUT2D eigenvalue weighted by molar-refractivity contribution is 0.139. The number of carbonyl (C=O) groups is 1. The first-order valence-electron chi connectivity index (χ1n) is 5.46. The Kier molecular flexibility index (Phi) is 3.40. The van der Waals surface area contributed by atoms with Crippen molar-refractivity contribution in [3.05, 3.63) is 0 Å². The van der Waals surface area contributed by atoms with Crippen molar-refractivity contribution < 1.29 is 4.79 Å². The fraction of sp³-hybridized carbons (Fsp3) is 0.909. The minimum Gasteiger partial charge on any atom is -0.336 e. The second-order valence-electron chi connectivity index (χ2n) is 5.26. The minimum absolute atomic E-state index is 0.0931. The summed E-state index contributed by atoms with van der Waals surface area (Å²) in [7, 11) is 0. The Labute approximate surface area is 86.9 Å². The molecule has 0 atom stereocenters. The number of rotatable bonds is 1. The van der Waals surface area contributed by atoms with E-state index in [2.05, 4.69) is 19.2 Å². The first-order valence-corrected chi connectivity index (χ1v) is 5.46. The van der Waals surface area contributed by atoms with Crippen molar-refractivity contribution in [1.82, 2.24) is 10.2 Å². The molecule has 3 nitrogen and oxygen atoms in total. The molecule has 0 aliphatic carbocycles. The largest absolute Gasteiger partial charge is 0.336 e. The topological polar surface area (TPSA) is 32.3 Å². The molecule has 0 spiro atoms. The Balaban J connectivity index is 2.38. The van der Waals surface area contributed by atoms with Crippen LogP contribution in [0, 0.1) is 5.41 Å². The molecule has 1 saturated heterocycles. The van der Waals surface area contributed by atoms with E-state index in [1.165, 1.54) is 0 Å². The van der Waals surface area contributed by atoms with Gasteiger partial charge in [-0.2, -0.15) is 0 Å². The van der Waals surface area contributed by atoms with Crippen LogP contribution in [0.25, 0.3) is 0 Å². The highest BCUT2D eigenvalue weighted by Crippen LogP contribution is 2.29. The molecule has 1 aliphatic heterocycles. The van der Waals surface area contributed by atoms with Crippen molar-refractivity contribution in [2.45, 2.75) is 46.6 Å². The third-order valence-electron chi connectivity index (χ3n) is 2.82. The van der Waals surface area contributed by atoms with E-state index < -0.39 is 0 Å². The van der Waals surface area contributed by atoms with Crippen LogP contribution in [0.3, 0.4) is 0 Å². The molecule has 1 rings (SSSR count). The van der Waals surface area contributed by atoms with Gasteiger partial charge in [-0.1, -0.05) is 13.8 Å². The van der Waals surface area contributed by atoms with Crippen LogP contribution >= 0.6 is 0 Å². The predicted octanol–water partition coefficient (Wildman–Crippen LogP) is 2.23. The van der Waals surface area contributed by atoms with E-state index in [-0.39, 0.29) is 12.1 Å². The zero-order chi connectivity index (χ0) is 10.8. The number of carbonyl (C=O) groups excluding carboxylic acids is 1. The van der Waals surface area contributed by atoms with Gasteiger partial charge >= 0.3 is 6.03 Å². The van der Waals surface area contributed by atoms with Crippen LogP contribution < -0.4 is 5.32 Å². The lowest BCUT2D eigenvalue weighted by atomic mass is 9.83. The summed E-state index contributed by atoms with van der Waals surface area (Å²) in [5, 5.41) is 2.93. The maximum Gasteiger partial charge on any atom is 0.317 e. The maximum absolute atomic E-state index is 11.6. The first-order chi connectivity index (χ1) is 6.41. The van der Waals surface area contributed by atoms with Gasteiger partial charge in [0.15, 0.2) is 0 Å². The van der Waals surface area contributed by atoms with Crippen LogP contribution in [-0.2, 0) is 0 Å². The quantitative estimate of drug-likeness (QED) is 0.688. The normalized spacial score (nSPS) is 21.1. The molecule has 1 N–H and O–H groups in total. The summed E-state index contributed by atoms with van der Waals surface area (Å²) in [4.78, 5) is 13.6. The van der Waals surface area contributed by atoms with Gasteiger partial charge in [-0.15, -0.1) is 0 Å². The number of likely N-dealkylation sites (tertiary alicyclic amines) is 1. The third kappa shape index (κ3) is 3.20. The lowest BCUT2D eigenvalue weighted by Crippen LogP contribution is -2.47. The highest BCUT2D eigenvalue weighted by Gasteiger charge is 2.27. The maximum atomic E-state index is 11.6. The monoisotopic (exact) mass is 198 g/mol. The van der Waals surface area contributed by atoms with E-state index in [0.29, 0.717) is 5.41 Å². The van der Waals surface area contributed by atoms with Crippen LogP contribution in [0.1, 0.15) is 40.5 Å². The van der Waals surface area contributed by atoms with Crippen LogP contribution in [0.15, 0.2) is 0 Å². The number of piperidine rings is 1. The Morgan fingerprint density at radius 3 is 2.21 bits per heavy atom. The molecule has 1 heterocycles. The third-order valence-corrected chi connectivity index (χ3v) is 2.82. The van der Waals surface area contributed by atoms with E-state index >= 15 is 0 Å². The van der Waals surface area contributed by atoms with Gasteiger partial charge in [0, 0.05) is 19.1 Å². The smallest absolute Gasteiger partial charge is 0.317 e. The van der Waals surface area contributed by atoms with Gasteiger partial charge in [0.1, 0.15) is 0 Å². The molecule has 1 aliphatic rings. The zero-order valence-corrected chi connectivity index (χ0v) is 9.76. The SMILES string of the molecule is CC(C)NC(=O)N1CCC(C)(C)CC1. The zero-order valence-electron chi connectivity index (χ0n) is 9.76. The standard InChI is InChI=1S/C11H22N2O/c1-9(2)12-10(14)13-7-5-11(3,4)6-8-13/h9H,5-8H2,1-4H3,(H,12,14). The van der Waals surface area contributed by atoms with Crippen molar-refractivity contribution in [1.29, 1.82) is 0 Å². The number of nitrogens with one attached hydrogen (secondary N) is 1. The van der Waals surface area contributed by atoms with Crippen LogP contribution in [0.2, 0.25) is 0 Å². The molecule has 0 saturated carbocycles. The summed E-state index contributed by atoms with van der Waals surface area (Å²) < 4.78 is 0. The molecule has 3 heteroatoms. The van der Waals surface area contributed by atoms with E-state index in [1.807, 2.05) is 18.7 Å². The number of amides is 2. The molecule has 0 aromatic carbocycles. The molecular weight excluding hydrogens is 176 g/mol. The molecule has 0 unspecified atom stereocenters. The highest BCUT2D eigenvalue weighted by atomic mass is 16.2. The molecule has 0 radical (unpaired) electrons. The second kappa shape index (κ2) is 4.20. The first kappa shape index (κ1) is 11.3. The highest BCUT2D eigenvalue weighted by molar-refractivity contribution is 5.74. The lowest BCUT2D eigenvalue weighted by Gasteiger charge is -2.37. The average Bonchev–Trinajstić information content (AvgIpc) is 2.02. The van der Waals surface area contributed by atoms with Crippen LogP contribution in [-0.4, -0.2) is 30.1 Å². The summed E-state index contributed by atoms with van der Waals surface area (Å²) in [5.41, 5.74) is 0.411. The number of hydrogen-bond acceptors (Lipinski definition) is 1. The molecule has 0 aromatic rings. The Hall–Kier alpha value is -0.730. The van der Waals surface area contributed by atoms with Crippen LogP contribution in [0.4, 0.5) is 4.79 Å². The van der Waals surface area contributed by atoms with Gasteiger partial charge in [-0.25, -0.2) is 4.79 Å². The Bertz CT molecular complexity index is 201. The number of hydrogen-bond donors (Lipinski definition) is 1. The van der Waals surface area contributed by atoms with Crippen molar-refractivity contribution in [3.8, 4) is 0 Å². The van der Waals surface area contributed by atoms with Crippen molar-refractivity contribution in [2.24, 2.45) is 5.41 Å². The average molecular weight is 198 g/mol. The predicted molar refractivity (Wildman–Crippen MR) is 58.3 cm³/mol. The molecule has 1 fully saturated rings. The number of urea groups is 1. The van der Waals surface area contributed by atoms with Gasteiger partial charge in [0.05, 0.1) is 0 Å². The van der Waals surface area contributed by atoms with Gasteiger partial charge in [-0.05, 0) is 32.1 Å². The molecule has 2 amide bonds. The summed E-state index contributed by atoms with van der Waals surface area (Å²) >= 11 is 0. The van der Waals surface area contributed by atoms with Gasteiger partial charge in [0.2, 0.25) is 0 Å². The van der Waals surface area contributed by atoms with Crippen LogP contribution in [0.5, 0.6) is 0 Å². The summed E-state index contributed by atoms with van der Waals surface area (Å²) in [6.07, 6.45) is 2.22. The Morgan fingerprint density at radius 2 is 1.79 bits per heavy atom. The second-order valence-corrected chi connectivity index (χ2v) is 5.26. The molecular formula is C11H22N2O. The number of nitrogens with zero attached hydrogens (tertiary/aromatic N) is 1. The van der Waals surface area contributed by atoms with E-state index in [4.69, 9.17) is 0 Å². The summed E-state index contributed by atoms with van der Waals surface area (Å²) in [6, 6.07) is 0.327. The molecule has 14 heavy (non-hydrogen) atoms. The Morgan fingerprint density at radius 1 is 1.29 bits per heavy atom. The minimum atomic E-state index is 0.0931. The molecule has 82 valence electrons. The molecule has 0 bridgehead atoms. The fourth-order valence-corrected chi connectivity index (χ4v) is 1.65. The fourth-order valence-electron chi connectivity index (χ4n) is 1.65. The van der Waals surface area contributed by atoms with Gasteiger partial charge in [-0.3, -0.25) is 0 Å². The van der Waals surface area contributed by atoms with E-state index in [1.54, 1.807) is 0 Å². The van der Waals surface area contributed by atoms with E-state index in [0.717, 1.165) is 25.9 Å². The van der Waals surface area contributed by atoms with Gasteiger partial charge in [0.25, 0.3) is 0 Å². The van der Waals surface area contributed by atoms with E-state index in [9.17, 15) is 4.79 Å². The van der Waals surface area contributed by atoms with Gasteiger partial charge < -0.3 is 10.2 Å². The summed E-state index contributed by atoms with van der Waals surface area (Å²) in [6.45, 7) is 10.3. The summed E-state index contributed by atoms with van der Waals surface area (Å²) in [5.74, 6) is 0. The van der Waals surface area contributed by atoms with Crippen molar-refractivity contribution in [2.75, 3.05) is 13.1 Å². The molecule has 0 aromatic heterocycles. The van der Waals surface area contributed by atoms with Crippen molar-refractivity contribution in [3.63, 3.8) is 0 Å². The van der Waals surface area contributed by atoms with Crippen molar-refractivity contribution >= 4 is 6.03 Å².